The third kappa shape index (κ3) is 4.51. The van der Waals surface area contributed by atoms with Gasteiger partial charge < -0.3 is 13.8 Å². The number of fused-ring (bicyclic) bond motifs is 15. The van der Waals surface area contributed by atoms with E-state index in [1.807, 2.05) is 0 Å². The molecule has 9 aromatic rings. The summed E-state index contributed by atoms with van der Waals surface area (Å²) >= 11 is 0. The molecule has 0 fully saturated rings. The fourth-order valence-electron chi connectivity index (χ4n) is 12.3. The van der Waals surface area contributed by atoms with Gasteiger partial charge in [-0.2, -0.15) is 0 Å². The molecular formula is C57H51BN2O. The maximum absolute atomic E-state index is 6.77. The third-order valence-electron chi connectivity index (χ3n) is 15.8. The Bertz CT molecular complexity index is 3440. The van der Waals surface area contributed by atoms with Gasteiger partial charge in [0.25, 0.3) is 0 Å². The smallest absolute Gasteiger partial charge is 0.333 e. The minimum absolute atomic E-state index is 0.0480. The Balaban J connectivity index is 1.20. The molecule has 298 valence electrons. The first-order valence-corrected chi connectivity index (χ1v) is 22.4. The molecule has 0 radical (unpaired) electrons. The molecule has 4 aliphatic rings. The number of hydrogen-bond donors (Lipinski definition) is 0. The van der Waals surface area contributed by atoms with Crippen LogP contribution in [0, 0.1) is 0 Å². The summed E-state index contributed by atoms with van der Waals surface area (Å²) in [6, 6.07) is 47.1. The third-order valence-corrected chi connectivity index (χ3v) is 15.8. The molecule has 0 amide bonds. The molecule has 0 unspecified atom stereocenters. The Kier molecular flexibility index (Phi) is 6.60. The molecule has 13 rings (SSSR count). The lowest BCUT2D eigenvalue weighted by Gasteiger charge is -2.46. The second kappa shape index (κ2) is 11.3. The molecule has 0 spiro atoms. The zero-order chi connectivity index (χ0) is 41.7. The number of benzene rings is 7. The average Bonchev–Trinajstić information content (AvgIpc) is 3.85. The number of hydrogen-bond acceptors (Lipinski definition) is 2. The van der Waals surface area contributed by atoms with Crippen LogP contribution in [0.1, 0.15) is 103 Å². The van der Waals surface area contributed by atoms with Gasteiger partial charge in [-0.15, -0.1) is 0 Å². The van der Waals surface area contributed by atoms with Gasteiger partial charge in [-0.25, -0.2) is 0 Å². The molecule has 2 aliphatic heterocycles. The molecule has 4 heterocycles. The van der Waals surface area contributed by atoms with Crippen LogP contribution in [0.5, 0.6) is 0 Å². The van der Waals surface area contributed by atoms with Gasteiger partial charge in [0, 0.05) is 49.6 Å². The van der Waals surface area contributed by atoms with Crippen LogP contribution in [0.2, 0.25) is 0 Å². The zero-order valence-corrected chi connectivity index (χ0v) is 36.8. The van der Waals surface area contributed by atoms with E-state index in [1.54, 1.807) is 0 Å². The first kappa shape index (κ1) is 35.7. The van der Waals surface area contributed by atoms with E-state index in [1.165, 1.54) is 113 Å². The highest BCUT2D eigenvalue weighted by Gasteiger charge is 2.47. The second-order valence-electron chi connectivity index (χ2n) is 21.6. The Morgan fingerprint density at radius 2 is 1.26 bits per heavy atom. The van der Waals surface area contributed by atoms with E-state index in [0.29, 0.717) is 0 Å². The van der Waals surface area contributed by atoms with Crippen LogP contribution in [0.4, 0.5) is 11.4 Å². The van der Waals surface area contributed by atoms with Crippen LogP contribution in [0.3, 0.4) is 0 Å². The lowest BCUT2D eigenvalue weighted by atomic mass is 9.43. The molecular weight excluding hydrogens is 739 g/mol. The van der Waals surface area contributed by atoms with Crippen LogP contribution in [0.15, 0.2) is 126 Å². The van der Waals surface area contributed by atoms with Crippen molar-refractivity contribution in [3.63, 3.8) is 0 Å². The molecule has 3 nitrogen and oxygen atoms in total. The minimum atomic E-state index is -0.115. The summed E-state index contributed by atoms with van der Waals surface area (Å²) in [6.45, 7) is 21.5. The van der Waals surface area contributed by atoms with E-state index in [9.17, 15) is 0 Å². The Labute approximate surface area is 359 Å². The van der Waals surface area contributed by atoms with Gasteiger partial charge in [-0.05, 0) is 139 Å². The SMILES string of the molecule is CC(C)(C)c1ccc(N2B3c4cc5oc6ccccc6c5cc4-n4c5cc6c(cc5c5ccc(c3c54)-c3cc4c(cc32)C(C)(C)CCC4(C)C)-c2ccccc2C6(C)C)cc1. The highest BCUT2D eigenvalue weighted by atomic mass is 16.3. The van der Waals surface area contributed by atoms with Crippen LogP contribution in [0.25, 0.3) is 71.7 Å². The lowest BCUT2D eigenvalue weighted by molar-refractivity contribution is 0.332. The van der Waals surface area contributed by atoms with Crippen molar-refractivity contribution in [3.8, 4) is 27.9 Å². The van der Waals surface area contributed by atoms with Gasteiger partial charge in [0.1, 0.15) is 11.2 Å². The summed E-state index contributed by atoms with van der Waals surface area (Å²) in [7, 11) is 0. The molecule has 2 aliphatic carbocycles. The average molecular weight is 791 g/mol. The van der Waals surface area contributed by atoms with E-state index >= 15 is 0 Å². The molecule has 0 saturated carbocycles. The normalized spacial score (nSPS) is 17.5. The van der Waals surface area contributed by atoms with Gasteiger partial charge in [-0.1, -0.05) is 129 Å². The van der Waals surface area contributed by atoms with E-state index < -0.39 is 0 Å². The fourth-order valence-corrected chi connectivity index (χ4v) is 12.3. The largest absolute Gasteiger partial charge is 0.456 e. The van der Waals surface area contributed by atoms with E-state index in [2.05, 4.69) is 193 Å². The van der Waals surface area contributed by atoms with Crippen molar-refractivity contribution in [2.75, 3.05) is 4.81 Å². The van der Waals surface area contributed by atoms with E-state index in [4.69, 9.17) is 4.42 Å². The van der Waals surface area contributed by atoms with Gasteiger partial charge in [0.15, 0.2) is 0 Å². The van der Waals surface area contributed by atoms with Crippen molar-refractivity contribution in [1.82, 2.24) is 4.57 Å². The lowest BCUT2D eigenvalue weighted by Crippen LogP contribution is -2.60. The van der Waals surface area contributed by atoms with Crippen molar-refractivity contribution in [2.45, 2.75) is 96.8 Å². The van der Waals surface area contributed by atoms with Crippen molar-refractivity contribution < 1.29 is 4.42 Å². The molecule has 7 aromatic carbocycles. The second-order valence-corrected chi connectivity index (χ2v) is 21.6. The van der Waals surface area contributed by atoms with Crippen LogP contribution in [-0.2, 0) is 21.7 Å². The Morgan fingerprint density at radius 1 is 0.541 bits per heavy atom. The maximum Gasteiger partial charge on any atom is 0.333 e. The van der Waals surface area contributed by atoms with Crippen LogP contribution < -0.4 is 15.7 Å². The topological polar surface area (TPSA) is 21.3 Å². The number of anilines is 2. The van der Waals surface area contributed by atoms with E-state index in [-0.39, 0.29) is 28.5 Å². The number of para-hydroxylation sites is 1. The summed E-state index contributed by atoms with van der Waals surface area (Å²) < 4.78 is 9.42. The summed E-state index contributed by atoms with van der Waals surface area (Å²) in [5.74, 6) is 0. The fraction of sp³-hybridized carbons (Fsp3) is 0.263. The van der Waals surface area contributed by atoms with Gasteiger partial charge >= 0.3 is 6.85 Å². The predicted molar refractivity (Wildman–Crippen MR) is 259 cm³/mol. The predicted octanol–water partition coefficient (Wildman–Crippen LogP) is 13.9. The first-order valence-electron chi connectivity index (χ1n) is 22.4. The van der Waals surface area contributed by atoms with Gasteiger partial charge in [-0.3, -0.25) is 0 Å². The molecule has 0 N–H and O–H groups in total. The number of rotatable bonds is 1. The summed E-state index contributed by atoms with van der Waals surface area (Å²) in [6.07, 6.45) is 2.35. The summed E-state index contributed by atoms with van der Waals surface area (Å²) in [5.41, 5.74) is 23.5. The number of furan rings is 1. The van der Waals surface area contributed by atoms with Gasteiger partial charge in [0.2, 0.25) is 0 Å². The standard InChI is InChI=1S/C57H51BN2O/c1-54(2,3)32-18-20-33(21-19-32)60-48-30-45-44(55(4,5)24-25-56(45,6)7)27-40(48)36-22-23-37-39-26-38-34-14-10-12-16-42(34)57(8,9)43(38)29-47(39)59-49-28-41-35-15-11-13-17-50(35)61-51(41)31-46(49)58(60)52(36)53(37)59/h10-23,26-31H,24-25H2,1-9H3. The van der Waals surface area contributed by atoms with Crippen molar-refractivity contribution in [3.05, 3.63) is 149 Å². The molecule has 2 aromatic heterocycles. The molecule has 0 atom stereocenters. The molecule has 0 saturated heterocycles. The highest BCUT2D eigenvalue weighted by Crippen LogP contribution is 2.55. The number of aromatic nitrogens is 1. The number of nitrogens with zero attached hydrogens (tertiary/aromatic N) is 2. The van der Waals surface area contributed by atoms with Crippen molar-refractivity contribution in [2.24, 2.45) is 0 Å². The van der Waals surface area contributed by atoms with Gasteiger partial charge in [0.05, 0.1) is 11.0 Å². The summed E-state index contributed by atoms with van der Waals surface area (Å²) in [4.78, 5) is 2.70. The monoisotopic (exact) mass is 790 g/mol. The Hall–Kier alpha value is -6.00. The molecule has 61 heavy (non-hydrogen) atoms. The zero-order valence-electron chi connectivity index (χ0n) is 36.8. The van der Waals surface area contributed by atoms with Crippen LogP contribution >= 0.6 is 0 Å². The van der Waals surface area contributed by atoms with E-state index in [0.717, 1.165) is 21.9 Å². The first-order chi connectivity index (χ1) is 29.1. The Morgan fingerprint density at radius 3 is 2.03 bits per heavy atom. The molecule has 4 heteroatoms. The van der Waals surface area contributed by atoms with Crippen molar-refractivity contribution in [1.29, 1.82) is 0 Å². The quantitative estimate of drug-likeness (QED) is 0.154. The highest BCUT2D eigenvalue weighted by molar-refractivity contribution is 6.93. The van der Waals surface area contributed by atoms with Crippen LogP contribution in [-0.4, -0.2) is 11.4 Å². The maximum atomic E-state index is 6.77. The summed E-state index contributed by atoms with van der Waals surface area (Å²) in [5, 5.41) is 4.95. The molecule has 0 bridgehead atoms. The van der Waals surface area contributed by atoms with Crippen molar-refractivity contribution >= 4 is 72.9 Å². The minimum Gasteiger partial charge on any atom is -0.456 e.